The zero-order chi connectivity index (χ0) is 23.3. The van der Waals surface area contributed by atoms with E-state index in [2.05, 4.69) is 15.7 Å². The predicted octanol–water partition coefficient (Wildman–Crippen LogP) is 6.08. The molecule has 1 aliphatic carbocycles. The maximum atomic E-state index is 13.2. The summed E-state index contributed by atoms with van der Waals surface area (Å²) in [6.45, 7) is 4.02. The average Bonchev–Trinajstić information content (AvgIpc) is 3.19. The van der Waals surface area contributed by atoms with E-state index in [1.54, 1.807) is 22.9 Å². The van der Waals surface area contributed by atoms with E-state index in [4.69, 9.17) is 23.2 Å². The Balaban J connectivity index is 1.60. The third-order valence-electron chi connectivity index (χ3n) is 6.32. The summed E-state index contributed by atoms with van der Waals surface area (Å²) in [5, 5.41) is 11.7. The van der Waals surface area contributed by atoms with Crippen LogP contribution in [0.25, 0.3) is 0 Å². The van der Waals surface area contributed by atoms with E-state index < -0.39 is 6.04 Å². The summed E-state index contributed by atoms with van der Waals surface area (Å²) in [4.78, 5) is 26.2. The lowest BCUT2D eigenvalue weighted by molar-refractivity contribution is -0.116. The first-order valence-corrected chi connectivity index (χ1v) is 11.5. The van der Waals surface area contributed by atoms with Crippen LogP contribution in [0, 0.1) is 13.8 Å². The van der Waals surface area contributed by atoms with E-state index in [0.29, 0.717) is 51.1 Å². The Kier molecular flexibility index (Phi) is 5.51. The summed E-state index contributed by atoms with van der Waals surface area (Å²) in [6.07, 6.45) is 3.41. The number of hydrogen-bond acceptors (Lipinski definition) is 4. The topological polar surface area (TPSA) is 76.0 Å². The number of hydrogen-bond donors (Lipinski definition) is 2. The second-order valence-electron chi connectivity index (χ2n) is 8.44. The minimum absolute atomic E-state index is 0.0343. The average molecular weight is 481 g/mol. The number of anilines is 2. The summed E-state index contributed by atoms with van der Waals surface area (Å²) >= 11 is 13.1. The van der Waals surface area contributed by atoms with Crippen LogP contribution in [0.3, 0.4) is 0 Å². The summed E-state index contributed by atoms with van der Waals surface area (Å²) in [5.41, 5.74) is 5.33. The second kappa shape index (κ2) is 8.36. The smallest absolute Gasteiger partial charge is 0.261 e. The monoisotopic (exact) mass is 480 g/mol. The van der Waals surface area contributed by atoms with Gasteiger partial charge in [0.15, 0.2) is 5.78 Å². The number of aryl methyl sites for hydroxylation is 2. The van der Waals surface area contributed by atoms with E-state index >= 15 is 0 Å². The molecule has 1 aromatic heterocycles. The Morgan fingerprint density at radius 1 is 1.12 bits per heavy atom. The molecule has 0 saturated carbocycles. The molecule has 2 aliphatic rings. The molecule has 2 N–H and O–H groups in total. The molecule has 0 radical (unpaired) electrons. The van der Waals surface area contributed by atoms with Crippen LogP contribution in [0.15, 0.2) is 53.9 Å². The van der Waals surface area contributed by atoms with Crippen LogP contribution in [-0.2, 0) is 4.79 Å². The number of Topliss-reactive ketones (excluding diaryl/α,β-unsaturated/α-hetero) is 1. The van der Waals surface area contributed by atoms with Crippen LogP contribution in [-0.4, -0.2) is 21.5 Å². The molecule has 0 unspecified atom stereocenters. The largest absolute Gasteiger partial charge is 0.343 e. The molecule has 3 aromatic rings. The number of carbonyl (C=O) groups excluding carboxylic acids is 2. The van der Waals surface area contributed by atoms with Gasteiger partial charge in [0.25, 0.3) is 5.91 Å². The minimum Gasteiger partial charge on any atom is -0.343 e. The zero-order valence-corrected chi connectivity index (χ0v) is 19.7. The summed E-state index contributed by atoms with van der Waals surface area (Å²) in [7, 11) is 0. The number of rotatable bonds is 3. The van der Waals surface area contributed by atoms with Crippen molar-refractivity contribution in [3.63, 3.8) is 0 Å². The van der Waals surface area contributed by atoms with Gasteiger partial charge >= 0.3 is 0 Å². The molecule has 1 atom stereocenters. The number of nitrogens with zero attached hydrogens (tertiary/aromatic N) is 2. The number of ketones is 1. The van der Waals surface area contributed by atoms with Crippen LogP contribution in [0.5, 0.6) is 0 Å². The summed E-state index contributed by atoms with van der Waals surface area (Å²) in [6, 6.07) is 10.4. The first-order valence-electron chi connectivity index (χ1n) is 10.8. The van der Waals surface area contributed by atoms with Gasteiger partial charge in [0.2, 0.25) is 0 Å². The molecule has 2 aromatic carbocycles. The van der Waals surface area contributed by atoms with Crippen molar-refractivity contribution in [2.45, 2.75) is 39.2 Å². The van der Waals surface area contributed by atoms with E-state index in [-0.39, 0.29) is 11.7 Å². The van der Waals surface area contributed by atoms with Gasteiger partial charge in [-0.2, -0.15) is 5.10 Å². The lowest BCUT2D eigenvalue weighted by Gasteiger charge is -2.34. The molecule has 0 saturated heterocycles. The first-order chi connectivity index (χ1) is 15.8. The van der Waals surface area contributed by atoms with Crippen LogP contribution in [0.2, 0.25) is 10.0 Å². The molecule has 33 heavy (non-hydrogen) atoms. The number of allylic oxidation sites excluding steroid dienone is 2. The van der Waals surface area contributed by atoms with Gasteiger partial charge in [-0.1, -0.05) is 35.3 Å². The molecular formula is C25H22Cl2N4O2. The van der Waals surface area contributed by atoms with Crippen LogP contribution < -0.4 is 10.6 Å². The standard InChI is InChI=1S/C25H22Cl2N4O2/c1-13-9-10-15(11-14(13)2)29-25(33)16-12-28-31-23(21-17(26)5-3-6-18(21)27)22-19(30-24(16)31)7-4-8-20(22)32/h3,5-6,9-12,23,30H,4,7-8H2,1-2H3,(H,29,33)/t23-/m0/s1. The quantitative estimate of drug-likeness (QED) is 0.476. The van der Waals surface area contributed by atoms with E-state index in [0.717, 1.165) is 23.2 Å². The SMILES string of the molecule is Cc1ccc(NC(=O)c2cnn3c2NC2=C(C(=O)CCC2)[C@@H]3c2c(Cl)cccc2Cl)cc1C. The Morgan fingerprint density at radius 3 is 2.61 bits per heavy atom. The second-order valence-corrected chi connectivity index (χ2v) is 9.25. The predicted molar refractivity (Wildman–Crippen MR) is 130 cm³/mol. The van der Waals surface area contributed by atoms with E-state index in [1.165, 1.54) is 6.20 Å². The fourth-order valence-electron chi connectivity index (χ4n) is 4.48. The highest BCUT2D eigenvalue weighted by Crippen LogP contribution is 2.45. The van der Waals surface area contributed by atoms with Gasteiger partial charge in [0.05, 0.1) is 6.20 Å². The number of nitrogens with one attached hydrogen (secondary N) is 2. The molecule has 2 heterocycles. The van der Waals surface area contributed by atoms with Crippen molar-refractivity contribution in [2.24, 2.45) is 0 Å². The molecule has 168 valence electrons. The Morgan fingerprint density at radius 2 is 1.88 bits per heavy atom. The third-order valence-corrected chi connectivity index (χ3v) is 6.98. The van der Waals surface area contributed by atoms with Gasteiger partial charge in [0.1, 0.15) is 17.4 Å². The van der Waals surface area contributed by atoms with Crippen LogP contribution in [0.4, 0.5) is 11.5 Å². The summed E-state index contributed by atoms with van der Waals surface area (Å²) in [5.74, 6) is 0.264. The number of aromatic nitrogens is 2. The molecule has 0 fully saturated rings. The summed E-state index contributed by atoms with van der Waals surface area (Å²) < 4.78 is 1.64. The molecule has 5 rings (SSSR count). The molecule has 0 spiro atoms. The van der Waals surface area contributed by atoms with Crippen molar-refractivity contribution in [3.8, 4) is 0 Å². The number of halogens is 2. The van der Waals surface area contributed by atoms with Crippen molar-refractivity contribution >= 4 is 46.4 Å². The molecule has 6 nitrogen and oxygen atoms in total. The molecule has 0 bridgehead atoms. The Hall–Kier alpha value is -3.09. The number of carbonyl (C=O) groups is 2. The fourth-order valence-corrected chi connectivity index (χ4v) is 5.08. The van der Waals surface area contributed by atoms with Gasteiger partial charge in [-0.15, -0.1) is 0 Å². The molecule has 8 heteroatoms. The van der Waals surface area contributed by atoms with Crippen LogP contribution in [0.1, 0.15) is 52.4 Å². The number of benzene rings is 2. The highest BCUT2D eigenvalue weighted by molar-refractivity contribution is 6.36. The highest BCUT2D eigenvalue weighted by atomic mass is 35.5. The lowest BCUT2D eigenvalue weighted by atomic mass is 9.85. The van der Waals surface area contributed by atoms with Gasteiger partial charge in [-0.3, -0.25) is 9.59 Å². The van der Waals surface area contributed by atoms with Crippen LogP contribution >= 0.6 is 23.2 Å². The maximum absolute atomic E-state index is 13.2. The van der Waals surface area contributed by atoms with Gasteiger partial charge in [-0.25, -0.2) is 4.68 Å². The molecular weight excluding hydrogens is 459 g/mol. The van der Waals surface area contributed by atoms with Gasteiger partial charge < -0.3 is 10.6 Å². The highest BCUT2D eigenvalue weighted by Gasteiger charge is 2.39. The van der Waals surface area contributed by atoms with E-state index in [1.807, 2.05) is 32.0 Å². The number of amides is 1. The van der Waals surface area contributed by atoms with Gasteiger partial charge in [-0.05, 0) is 62.1 Å². The number of fused-ring (bicyclic) bond motifs is 1. The first kappa shape index (κ1) is 21.7. The van der Waals surface area contributed by atoms with Crippen molar-refractivity contribution in [1.29, 1.82) is 0 Å². The van der Waals surface area contributed by atoms with Gasteiger partial charge in [0, 0.05) is 39.0 Å². The molecule has 1 aliphatic heterocycles. The zero-order valence-electron chi connectivity index (χ0n) is 18.2. The van der Waals surface area contributed by atoms with Crippen molar-refractivity contribution < 1.29 is 9.59 Å². The maximum Gasteiger partial charge on any atom is 0.261 e. The van der Waals surface area contributed by atoms with E-state index in [9.17, 15) is 9.59 Å². The fraction of sp³-hybridized carbons (Fsp3) is 0.240. The Labute approximate surface area is 201 Å². The lowest BCUT2D eigenvalue weighted by Crippen LogP contribution is -2.32. The molecule has 1 amide bonds. The van der Waals surface area contributed by atoms with Crippen molar-refractivity contribution in [3.05, 3.63) is 86.2 Å². The minimum atomic E-state index is -0.603. The Bertz CT molecular complexity index is 1320. The third kappa shape index (κ3) is 3.73. The van der Waals surface area contributed by atoms with Crippen molar-refractivity contribution in [1.82, 2.24) is 9.78 Å². The normalized spacial score (nSPS) is 17.3. The van der Waals surface area contributed by atoms with Crippen molar-refractivity contribution in [2.75, 3.05) is 10.6 Å².